The van der Waals surface area contributed by atoms with Gasteiger partial charge >= 0.3 is 0 Å². The Morgan fingerprint density at radius 3 is 2.63 bits per heavy atom. The number of nitrogens with one attached hydrogen (secondary N) is 1. The van der Waals surface area contributed by atoms with E-state index in [1.165, 1.54) is 29.5 Å². The van der Waals surface area contributed by atoms with Gasteiger partial charge in [-0.3, -0.25) is 10.4 Å². The predicted octanol–water partition coefficient (Wildman–Crippen LogP) is 3.28. The van der Waals surface area contributed by atoms with Crippen LogP contribution in [-0.4, -0.2) is 22.7 Å². The monoisotopic (exact) mass is 295 g/mol. The van der Waals surface area contributed by atoms with Gasteiger partial charge < -0.3 is 0 Å². The number of benzene rings is 1. The Bertz CT molecular complexity index is 535. The first-order chi connectivity index (χ1) is 8.72. The van der Waals surface area contributed by atoms with Gasteiger partial charge in [0.25, 0.3) is 0 Å². The zero-order chi connectivity index (χ0) is 12.5. The van der Waals surface area contributed by atoms with Crippen LogP contribution in [0, 0.1) is 13.8 Å². The van der Waals surface area contributed by atoms with Crippen LogP contribution in [0.5, 0.6) is 0 Å². The van der Waals surface area contributed by atoms with E-state index in [4.69, 9.17) is 0 Å². The van der Waals surface area contributed by atoms with Gasteiger partial charge in [-0.2, -0.15) is 5.10 Å². The molecule has 0 saturated heterocycles. The van der Waals surface area contributed by atoms with E-state index in [2.05, 4.69) is 47.6 Å². The van der Waals surface area contributed by atoms with Crippen LogP contribution >= 0.6 is 24.2 Å². The van der Waals surface area contributed by atoms with Crippen LogP contribution in [0.3, 0.4) is 0 Å². The standard InChI is InChI=1S/C14H17N3S.ClH/c1-9-3-4-11(7-10(9)2)13-8-18-14(17-16-13)15-12-5-6-12;/h3-4,7,12H,5-6,8H2,1-2H3,(H,15,17);1H. The molecule has 0 atom stereocenters. The largest absolute Gasteiger partial charge is 0.258 e. The summed E-state index contributed by atoms with van der Waals surface area (Å²) in [5.74, 6) is 0.904. The highest BCUT2D eigenvalue weighted by molar-refractivity contribution is 8.14. The summed E-state index contributed by atoms with van der Waals surface area (Å²) in [6, 6.07) is 7.07. The molecular formula is C14H18ClN3S. The van der Waals surface area contributed by atoms with Crippen molar-refractivity contribution >= 4 is 35.0 Å². The molecule has 0 spiro atoms. The van der Waals surface area contributed by atoms with Crippen molar-refractivity contribution in [3.63, 3.8) is 0 Å². The van der Waals surface area contributed by atoms with Crippen molar-refractivity contribution in [3.8, 4) is 0 Å². The maximum absolute atomic E-state index is 4.57. The average Bonchev–Trinajstić information content (AvgIpc) is 3.18. The molecule has 0 bridgehead atoms. The molecule has 1 heterocycles. The Kier molecular flexibility index (Phi) is 4.53. The number of hydrogen-bond donors (Lipinski definition) is 1. The highest BCUT2D eigenvalue weighted by Gasteiger charge is 2.22. The zero-order valence-corrected chi connectivity index (χ0v) is 12.8. The van der Waals surface area contributed by atoms with Gasteiger partial charge in [-0.15, -0.1) is 12.4 Å². The van der Waals surface area contributed by atoms with Gasteiger partial charge in [-0.1, -0.05) is 23.9 Å². The van der Waals surface area contributed by atoms with Crippen molar-refractivity contribution < 1.29 is 0 Å². The molecule has 1 aromatic rings. The SMILES string of the molecule is Cc1ccc(C2=NNC(=NC3CC3)SC2)cc1C.Cl. The Labute approximate surface area is 124 Å². The lowest BCUT2D eigenvalue weighted by Gasteiger charge is -2.15. The molecule has 1 N–H and O–H groups in total. The van der Waals surface area contributed by atoms with Gasteiger partial charge in [0.15, 0.2) is 5.17 Å². The van der Waals surface area contributed by atoms with E-state index < -0.39 is 0 Å². The van der Waals surface area contributed by atoms with Crippen molar-refractivity contribution in [2.24, 2.45) is 10.1 Å². The summed E-state index contributed by atoms with van der Waals surface area (Å²) in [7, 11) is 0. The summed E-state index contributed by atoms with van der Waals surface area (Å²) in [5, 5.41) is 5.42. The van der Waals surface area contributed by atoms with Crippen molar-refractivity contribution in [3.05, 3.63) is 34.9 Å². The Hall–Kier alpha value is -1.00. The summed E-state index contributed by atoms with van der Waals surface area (Å²) in [5.41, 5.74) is 8.04. The molecule has 19 heavy (non-hydrogen) atoms. The van der Waals surface area contributed by atoms with E-state index in [0.717, 1.165) is 16.6 Å². The van der Waals surface area contributed by atoms with Crippen LogP contribution < -0.4 is 5.43 Å². The van der Waals surface area contributed by atoms with Gasteiger partial charge in [0.1, 0.15) is 0 Å². The van der Waals surface area contributed by atoms with Crippen molar-refractivity contribution in [1.82, 2.24) is 5.43 Å². The lowest BCUT2D eigenvalue weighted by atomic mass is 10.0. The summed E-state index contributed by atoms with van der Waals surface area (Å²) >= 11 is 1.75. The fourth-order valence-electron chi connectivity index (χ4n) is 1.82. The third-order valence-corrected chi connectivity index (χ3v) is 4.21. The molecule has 3 nitrogen and oxygen atoms in total. The molecule has 1 aromatic carbocycles. The number of aliphatic imine (C=N–C) groups is 1. The third-order valence-electron chi connectivity index (χ3n) is 3.32. The molecule has 0 radical (unpaired) electrons. The summed E-state index contributed by atoms with van der Waals surface area (Å²) in [6.07, 6.45) is 2.47. The molecule has 3 rings (SSSR count). The molecule has 2 aliphatic rings. The van der Waals surface area contributed by atoms with Crippen LogP contribution in [0.25, 0.3) is 0 Å². The number of aryl methyl sites for hydroxylation is 2. The lowest BCUT2D eigenvalue weighted by molar-refractivity contribution is 0.985. The molecule has 5 heteroatoms. The van der Waals surface area contributed by atoms with E-state index in [0.29, 0.717) is 6.04 Å². The fourth-order valence-corrected chi connectivity index (χ4v) is 2.66. The minimum atomic E-state index is 0. The molecule has 102 valence electrons. The van der Waals surface area contributed by atoms with E-state index in [-0.39, 0.29) is 12.4 Å². The highest BCUT2D eigenvalue weighted by atomic mass is 35.5. The van der Waals surface area contributed by atoms with Gasteiger partial charge in [0.2, 0.25) is 0 Å². The second-order valence-electron chi connectivity index (χ2n) is 4.92. The molecule has 1 saturated carbocycles. The first-order valence-electron chi connectivity index (χ1n) is 6.33. The van der Waals surface area contributed by atoms with E-state index in [1.54, 1.807) is 11.8 Å². The van der Waals surface area contributed by atoms with E-state index >= 15 is 0 Å². The highest BCUT2D eigenvalue weighted by Crippen LogP contribution is 2.25. The topological polar surface area (TPSA) is 36.8 Å². The molecule has 1 aliphatic heterocycles. The van der Waals surface area contributed by atoms with Crippen LogP contribution in [0.2, 0.25) is 0 Å². The minimum Gasteiger partial charge on any atom is -0.258 e. The van der Waals surface area contributed by atoms with Gasteiger partial charge in [-0.25, -0.2) is 0 Å². The molecule has 1 fully saturated rings. The number of hydrazone groups is 1. The fraction of sp³-hybridized carbons (Fsp3) is 0.429. The molecule has 0 aromatic heterocycles. The summed E-state index contributed by atoms with van der Waals surface area (Å²) in [6.45, 7) is 4.28. The summed E-state index contributed by atoms with van der Waals surface area (Å²) < 4.78 is 0. The van der Waals surface area contributed by atoms with Crippen molar-refractivity contribution in [1.29, 1.82) is 0 Å². The number of halogens is 1. The summed E-state index contributed by atoms with van der Waals surface area (Å²) in [4.78, 5) is 4.57. The first kappa shape index (κ1) is 14.4. The second-order valence-corrected chi connectivity index (χ2v) is 5.89. The predicted molar refractivity (Wildman–Crippen MR) is 85.8 cm³/mol. The van der Waals surface area contributed by atoms with E-state index in [9.17, 15) is 0 Å². The van der Waals surface area contributed by atoms with Gasteiger partial charge in [0.05, 0.1) is 11.8 Å². The van der Waals surface area contributed by atoms with Crippen LogP contribution in [-0.2, 0) is 0 Å². The van der Waals surface area contributed by atoms with Crippen LogP contribution in [0.4, 0.5) is 0 Å². The maximum Gasteiger partial charge on any atom is 0.177 e. The Morgan fingerprint density at radius 1 is 1.26 bits per heavy atom. The molecular weight excluding hydrogens is 278 g/mol. The van der Waals surface area contributed by atoms with Gasteiger partial charge in [-0.05, 0) is 49.4 Å². The van der Waals surface area contributed by atoms with Crippen molar-refractivity contribution in [2.45, 2.75) is 32.7 Å². The Morgan fingerprint density at radius 2 is 2.05 bits per heavy atom. The minimum absolute atomic E-state index is 0. The molecule has 1 aliphatic carbocycles. The molecule has 0 unspecified atom stereocenters. The third kappa shape index (κ3) is 3.51. The van der Waals surface area contributed by atoms with Crippen LogP contribution in [0.15, 0.2) is 28.3 Å². The first-order valence-corrected chi connectivity index (χ1v) is 7.32. The van der Waals surface area contributed by atoms with Crippen LogP contribution in [0.1, 0.15) is 29.5 Å². The number of hydrogen-bond acceptors (Lipinski definition) is 3. The lowest BCUT2D eigenvalue weighted by Crippen LogP contribution is -2.25. The molecule has 0 amide bonds. The Balaban J connectivity index is 0.00000133. The van der Waals surface area contributed by atoms with E-state index in [1.807, 2.05) is 0 Å². The number of amidine groups is 1. The maximum atomic E-state index is 4.57. The number of thioether (sulfide) groups is 1. The zero-order valence-electron chi connectivity index (χ0n) is 11.1. The smallest absolute Gasteiger partial charge is 0.177 e. The number of nitrogens with zero attached hydrogens (tertiary/aromatic N) is 2. The second kappa shape index (κ2) is 5.97. The van der Waals surface area contributed by atoms with Gasteiger partial charge in [0, 0.05) is 5.75 Å². The average molecular weight is 296 g/mol. The normalized spacial score (nSPS) is 20.5. The number of rotatable bonds is 2. The van der Waals surface area contributed by atoms with Crippen molar-refractivity contribution in [2.75, 3.05) is 5.75 Å². The quantitative estimate of drug-likeness (QED) is 0.909.